The molecule has 0 bridgehead atoms. The Morgan fingerprint density at radius 2 is 2.21 bits per heavy atom. The molecule has 178 valence electrons. The Bertz CT molecular complexity index is 1230. The summed E-state index contributed by atoms with van der Waals surface area (Å²) in [5, 5.41) is 23.5. The fourth-order valence-electron chi connectivity index (χ4n) is 4.74. The summed E-state index contributed by atoms with van der Waals surface area (Å²) >= 11 is 1.26. The lowest BCUT2D eigenvalue weighted by Gasteiger charge is -2.32. The van der Waals surface area contributed by atoms with E-state index in [0.29, 0.717) is 35.2 Å². The Balaban J connectivity index is 1.40. The molecule has 2 fully saturated rings. The normalized spacial score (nSPS) is 18.0. The first-order chi connectivity index (χ1) is 16.5. The fourth-order valence-corrected chi connectivity index (χ4v) is 5.49. The number of rotatable bonds is 7. The molecule has 1 aliphatic heterocycles. The van der Waals surface area contributed by atoms with E-state index < -0.39 is 6.23 Å². The van der Waals surface area contributed by atoms with E-state index in [0.717, 1.165) is 55.5 Å². The van der Waals surface area contributed by atoms with Gasteiger partial charge < -0.3 is 25.2 Å². The Hall–Kier alpha value is -3.16. The van der Waals surface area contributed by atoms with E-state index in [9.17, 15) is 9.90 Å². The molecule has 0 aromatic carbocycles. The highest BCUT2D eigenvalue weighted by Gasteiger charge is 2.52. The number of nitriles is 1. The van der Waals surface area contributed by atoms with Crippen LogP contribution in [-0.4, -0.2) is 62.3 Å². The molecule has 3 aromatic rings. The molecule has 9 nitrogen and oxygen atoms in total. The first-order valence-corrected chi connectivity index (χ1v) is 12.7. The van der Waals surface area contributed by atoms with Crippen molar-refractivity contribution in [3.05, 3.63) is 34.2 Å². The quantitative estimate of drug-likeness (QED) is 0.442. The van der Waals surface area contributed by atoms with Gasteiger partial charge in [-0.2, -0.15) is 15.2 Å². The molecule has 1 unspecified atom stereocenters. The third kappa shape index (κ3) is 4.33. The average Bonchev–Trinajstić information content (AvgIpc) is 3.26. The minimum atomic E-state index is -0.698. The number of nitrogens with zero attached hydrogens (tertiary/aromatic N) is 5. The van der Waals surface area contributed by atoms with Crippen LogP contribution in [0.15, 0.2) is 24.4 Å². The zero-order chi connectivity index (χ0) is 23.7. The van der Waals surface area contributed by atoms with Gasteiger partial charge in [-0.15, -0.1) is 11.3 Å². The molecule has 0 radical (unpaired) electrons. The average molecular weight is 480 g/mol. The molecule has 3 N–H and O–H groups in total. The van der Waals surface area contributed by atoms with E-state index in [1.54, 1.807) is 12.1 Å². The van der Waals surface area contributed by atoms with Crippen LogP contribution in [0.4, 0.5) is 11.8 Å². The lowest BCUT2D eigenvalue weighted by atomic mass is 10.2. The number of thiophene rings is 1. The van der Waals surface area contributed by atoms with E-state index in [2.05, 4.69) is 33.2 Å². The summed E-state index contributed by atoms with van der Waals surface area (Å²) in [6, 6.07) is 7.58. The predicted molar refractivity (Wildman–Crippen MR) is 132 cm³/mol. The third-order valence-electron chi connectivity index (χ3n) is 6.69. The van der Waals surface area contributed by atoms with Gasteiger partial charge in [0.2, 0.25) is 5.95 Å². The van der Waals surface area contributed by atoms with E-state index in [4.69, 9.17) is 10.2 Å². The van der Waals surface area contributed by atoms with Crippen molar-refractivity contribution in [2.24, 2.45) is 0 Å². The van der Waals surface area contributed by atoms with Gasteiger partial charge in [0.05, 0.1) is 15.8 Å². The van der Waals surface area contributed by atoms with Crippen LogP contribution in [0.2, 0.25) is 0 Å². The van der Waals surface area contributed by atoms with Gasteiger partial charge in [-0.05, 0) is 50.3 Å². The highest BCUT2D eigenvalue weighted by atomic mass is 32.1. The highest BCUT2D eigenvalue weighted by molar-refractivity contribution is 7.14. The summed E-state index contributed by atoms with van der Waals surface area (Å²) in [5.41, 5.74) is 0.506. The summed E-state index contributed by atoms with van der Waals surface area (Å²) in [7, 11) is 0. The molecule has 3 aromatic heterocycles. The summed E-state index contributed by atoms with van der Waals surface area (Å²) < 4.78 is 0. The lowest BCUT2D eigenvalue weighted by Crippen LogP contribution is -2.46. The molecule has 1 amide bonds. The number of hydrogen-bond acceptors (Lipinski definition) is 8. The minimum absolute atomic E-state index is 0.0155. The van der Waals surface area contributed by atoms with Crippen LogP contribution in [0.25, 0.3) is 11.0 Å². The third-order valence-corrected chi connectivity index (χ3v) is 7.67. The van der Waals surface area contributed by atoms with Crippen LogP contribution < -0.4 is 10.2 Å². The summed E-state index contributed by atoms with van der Waals surface area (Å²) in [6.45, 7) is 4.24. The number of carbonyl (C=O) groups is 1. The molecule has 1 saturated heterocycles. The van der Waals surface area contributed by atoms with Crippen molar-refractivity contribution in [1.82, 2.24) is 19.9 Å². The van der Waals surface area contributed by atoms with Crippen molar-refractivity contribution in [3.8, 4) is 6.07 Å². The number of carbonyl (C=O) groups excluding carboxylic acids is 1. The van der Waals surface area contributed by atoms with Crippen molar-refractivity contribution in [3.63, 3.8) is 0 Å². The van der Waals surface area contributed by atoms with Crippen molar-refractivity contribution >= 4 is 40.0 Å². The maximum Gasteiger partial charge on any atom is 0.264 e. The topological polar surface area (TPSA) is 121 Å². The lowest BCUT2D eigenvalue weighted by molar-refractivity contribution is 0.0674. The van der Waals surface area contributed by atoms with Crippen LogP contribution in [0.5, 0.6) is 0 Å². The number of aromatic amines is 1. The standard InChI is InChI=1S/C24H29N7O2S/c1-2-3-5-19(32)27-23-28-20-17(8-11-26-20)21(29-23)30-12-4-13-31(24(15-30)9-10-24)22(33)18-7-6-16(14-25)34-18/h6-8,11,19,32H,2-5,9-10,12-13,15H2,1H3,(H2,26,27,28,29). The number of amides is 1. The second-order valence-corrected chi connectivity index (χ2v) is 10.2. The molecule has 1 spiro atoms. The summed E-state index contributed by atoms with van der Waals surface area (Å²) in [6.07, 6.45) is 6.45. The molecule has 34 heavy (non-hydrogen) atoms. The Morgan fingerprint density at radius 3 is 2.94 bits per heavy atom. The van der Waals surface area contributed by atoms with E-state index in [1.807, 2.05) is 17.2 Å². The molecule has 4 heterocycles. The van der Waals surface area contributed by atoms with Gasteiger partial charge in [0, 0.05) is 25.8 Å². The Morgan fingerprint density at radius 1 is 1.35 bits per heavy atom. The molecule has 1 atom stereocenters. The first-order valence-electron chi connectivity index (χ1n) is 11.9. The van der Waals surface area contributed by atoms with Gasteiger partial charge in [0.15, 0.2) is 0 Å². The zero-order valence-electron chi connectivity index (χ0n) is 19.3. The second kappa shape index (κ2) is 9.24. The fraction of sp³-hybridized carbons (Fsp3) is 0.500. The van der Waals surface area contributed by atoms with Gasteiger partial charge in [-0.1, -0.05) is 13.3 Å². The number of aliphatic hydroxyl groups excluding tert-OH is 1. The number of H-pyrrole nitrogens is 1. The van der Waals surface area contributed by atoms with Crippen LogP contribution in [-0.2, 0) is 0 Å². The van der Waals surface area contributed by atoms with Gasteiger partial charge in [-0.25, -0.2) is 0 Å². The van der Waals surface area contributed by atoms with Crippen molar-refractivity contribution in [2.75, 3.05) is 29.9 Å². The van der Waals surface area contributed by atoms with Crippen LogP contribution in [0, 0.1) is 11.3 Å². The Labute approximate surface area is 202 Å². The number of aliphatic hydroxyl groups is 1. The highest BCUT2D eigenvalue weighted by Crippen LogP contribution is 2.46. The largest absolute Gasteiger partial charge is 0.374 e. The van der Waals surface area contributed by atoms with E-state index in [-0.39, 0.29) is 11.4 Å². The number of hydrogen-bond donors (Lipinski definition) is 3. The zero-order valence-corrected chi connectivity index (χ0v) is 20.1. The second-order valence-electron chi connectivity index (χ2n) is 9.15. The number of nitrogens with one attached hydrogen (secondary N) is 2. The van der Waals surface area contributed by atoms with Gasteiger partial charge in [0.25, 0.3) is 5.91 Å². The van der Waals surface area contributed by atoms with Crippen LogP contribution >= 0.6 is 11.3 Å². The van der Waals surface area contributed by atoms with E-state index >= 15 is 0 Å². The SMILES string of the molecule is CCCCC(O)Nc1nc(N2CCCN(C(=O)c3ccc(C#N)s3)C3(CC3)C2)c2cc[nH]c2n1. The monoisotopic (exact) mass is 479 g/mol. The van der Waals surface area contributed by atoms with Crippen molar-refractivity contribution < 1.29 is 9.90 Å². The van der Waals surface area contributed by atoms with Gasteiger partial charge in [-0.3, -0.25) is 4.79 Å². The Kier molecular flexibility index (Phi) is 6.15. The first kappa shape index (κ1) is 22.6. The maximum absolute atomic E-state index is 13.4. The minimum Gasteiger partial charge on any atom is -0.374 e. The molecular formula is C24H29N7O2S. The van der Waals surface area contributed by atoms with Gasteiger partial charge >= 0.3 is 0 Å². The molecule has 1 saturated carbocycles. The molecular weight excluding hydrogens is 450 g/mol. The number of anilines is 2. The van der Waals surface area contributed by atoms with Crippen LogP contribution in [0.1, 0.15) is 60.0 Å². The van der Waals surface area contributed by atoms with Crippen LogP contribution in [0.3, 0.4) is 0 Å². The molecule has 1 aliphatic carbocycles. The predicted octanol–water partition coefficient (Wildman–Crippen LogP) is 3.70. The van der Waals surface area contributed by atoms with Crippen molar-refractivity contribution in [1.29, 1.82) is 5.26 Å². The summed E-state index contributed by atoms with van der Waals surface area (Å²) in [5.74, 6) is 1.24. The maximum atomic E-state index is 13.4. The van der Waals surface area contributed by atoms with E-state index in [1.165, 1.54) is 11.3 Å². The molecule has 5 rings (SSSR count). The number of fused-ring (bicyclic) bond motifs is 1. The summed E-state index contributed by atoms with van der Waals surface area (Å²) in [4.78, 5) is 31.3. The molecule has 2 aliphatic rings. The smallest absolute Gasteiger partial charge is 0.264 e. The van der Waals surface area contributed by atoms with Gasteiger partial charge in [0.1, 0.15) is 28.6 Å². The number of unbranched alkanes of at least 4 members (excludes halogenated alkanes) is 1. The number of aromatic nitrogens is 3. The van der Waals surface area contributed by atoms with Crippen molar-refractivity contribution in [2.45, 2.75) is 57.2 Å². The molecule has 10 heteroatoms.